The van der Waals surface area contributed by atoms with Crippen LogP contribution in [0.15, 0.2) is 36.5 Å². The van der Waals surface area contributed by atoms with Crippen molar-refractivity contribution in [2.24, 2.45) is 0 Å². The predicted molar refractivity (Wildman–Crippen MR) is 77.8 cm³/mol. The zero-order valence-electron chi connectivity index (χ0n) is 11.0. The number of aryl methyl sites for hydroxylation is 1. The van der Waals surface area contributed by atoms with Crippen LogP contribution in [0.2, 0.25) is 5.02 Å². The van der Waals surface area contributed by atoms with Gasteiger partial charge in [-0.2, -0.15) is 0 Å². The molecular weight excluding hydrogens is 296 g/mol. The zero-order chi connectivity index (χ0) is 15.1. The summed E-state index contributed by atoms with van der Waals surface area (Å²) in [4.78, 5) is 15.4. The lowest BCUT2D eigenvalue weighted by molar-refractivity contribution is 0.103. The van der Waals surface area contributed by atoms with Gasteiger partial charge in [-0.05, 0) is 31.2 Å². The molecule has 0 saturated carbocycles. The summed E-state index contributed by atoms with van der Waals surface area (Å²) in [6.45, 7) is 1.89. The molecule has 1 N–H and O–H groups in total. The van der Waals surface area contributed by atoms with Crippen LogP contribution in [0.1, 0.15) is 21.5 Å². The average molecular weight is 306 g/mol. The molecule has 0 spiro atoms. The molecule has 0 unspecified atom stereocenters. The number of carbonyl (C=O) groups excluding carboxylic acids is 1. The maximum Gasteiger partial charge on any atom is 0.198 e. The molecule has 0 bridgehead atoms. The van der Waals surface area contributed by atoms with Gasteiger partial charge >= 0.3 is 0 Å². The van der Waals surface area contributed by atoms with Crippen LogP contribution in [0, 0.1) is 18.6 Å². The van der Waals surface area contributed by atoms with Crippen molar-refractivity contribution in [1.82, 2.24) is 4.98 Å². The van der Waals surface area contributed by atoms with Crippen LogP contribution in [0.25, 0.3) is 10.9 Å². The molecule has 0 fully saturated rings. The molecule has 3 aromatic rings. The van der Waals surface area contributed by atoms with Crippen LogP contribution in [-0.4, -0.2) is 10.8 Å². The van der Waals surface area contributed by atoms with Crippen LogP contribution in [0.4, 0.5) is 8.78 Å². The molecule has 3 rings (SSSR count). The number of H-pyrrole nitrogens is 1. The minimum absolute atomic E-state index is 0.300. The minimum Gasteiger partial charge on any atom is -0.360 e. The van der Waals surface area contributed by atoms with E-state index in [0.29, 0.717) is 10.9 Å². The van der Waals surface area contributed by atoms with E-state index in [0.717, 1.165) is 23.2 Å². The number of aromatic amines is 1. The average Bonchev–Trinajstić information content (AvgIpc) is 2.85. The Bertz CT molecular complexity index is 870. The summed E-state index contributed by atoms with van der Waals surface area (Å²) in [5.74, 6) is -2.24. The molecule has 0 atom stereocenters. The number of ketones is 1. The molecule has 0 amide bonds. The highest BCUT2D eigenvalue weighted by Crippen LogP contribution is 2.25. The van der Waals surface area contributed by atoms with Gasteiger partial charge in [-0.3, -0.25) is 4.79 Å². The standard InChI is InChI=1S/C16H10ClF2NO/c1-8-2-3-15-9(4-8)11(7-20-15)16(21)10-5-14(19)12(17)6-13(10)18/h2-7,20H,1H3. The van der Waals surface area contributed by atoms with Gasteiger partial charge in [-0.15, -0.1) is 0 Å². The van der Waals surface area contributed by atoms with Crippen molar-refractivity contribution in [3.63, 3.8) is 0 Å². The van der Waals surface area contributed by atoms with Gasteiger partial charge in [0.2, 0.25) is 0 Å². The van der Waals surface area contributed by atoms with Gasteiger partial charge in [0.05, 0.1) is 10.6 Å². The quantitative estimate of drug-likeness (QED) is 0.543. The summed E-state index contributed by atoms with van der Waals surface area (Å²) in [6, 6.07) is 7.19. The molecule has 2 nitrogen and oxygen atoms in total. The summed E-state index contributed by atoms with van der Waals surface area (Å²) in [5.41, 5.74) is 1.70. The fourth-order valence-electron chi connectivity index (χ4n) is 2.26. The summed E-state index contributed by atoms with van der Waals surface area (Å²) < 4.78 is 27.4. The summed E-state index contributed by atoms with van der Waals surface area (Å²) in [6.07, 6.45) is 1.50. The lowest BCUT2D eigenvalue weighted by Crippen LogP contribution is -2.04. The normalized spacial score (nSPS) is 11.0. The Morgan fingerprint density at radius 3 is 2.62 bits per heavy atom. The second-order valence-electron chi connectivity index (χ2n) is 4.83. The Balaban J connectivity index is 2.17. The Kier molecular flexibility index (Phi) is 3.26. The number of benzene rings is 2. The predicted octanol–water partition coefficient (Wildman–Crippen LogP) is 4.64. The van der Waals surface area contributed by atoms with Crippen molar-refractivity contribution < 1.29 is 13.6 Å². The molecule has 5 heteroatoms. The number of nitrogens with one attached hydrogen (secondary N) is 1. The molecule has 0 radical (unpaired) electrons. The second kappa shape index (κ2) is 4.97. The van der Waals surface area contributed by atoms with Crippen molar-refractivity contribution in [2.45, 2.75) is 6.92 Å². The van der Waals surface area contributed by atoms with Crippen molar-refractivity contribution in [1.29, 1.82) is 0 Å². The molecule has 0 saturated heterocycles. The monoisotopic (exact) mass is 305 g/mol. The van der Waals surface area contributed by atoms with Crippen molar-refractivity contribution in [3.05, 3.63) is 69.9 Å². The van der Waals surface area contributed by atoms with Crippen molar-refractivity contribution in [3.8, 4) is 0 Å². The number of halogens is 3. The second-order valence-corrected chi connectivity index (χ2v) is 5.23. The van der Waals surface area contributed by atoms with Gasteiger partial charge in [-0.25, -0.2) is 8.78 Å². The van der Waals surface area contributed by atoms with E-state index in [2.05, 4.69) is 4.98 Å². The lowest BCUT2D eigenvalue weighted by atomic mass is 10.0. The van der Waals surface area contributed by atoms with Gasteiger partial charge in [0, 0.05) is 22.7 Å². The van der Waals surface area contributed by atoms with Crippen molar-refractivity contribution >= 4 is 28.3 Å². The van der Waals surface area contributed by atoms with Gasteiger partial charge < -0.3 is 4.98 Å². The van der Waals surface area contributed by atoms with E-state index in [4.69, 9.17) is 11.6 Å². The van der Waals surface area contributed by atoms with Crippen LogP contribution < -0.4 is 0 Å². The highest BCUT2D eigenvalue weighted by Gasteiger charge is 2.20. The molecule has 0 aliphatic heterocycles. The fraction of sp³-hybridized carbons (Fsp3) is 0.0625. The van der Waals surface area contributed by atoms with Crippen molar-refractivity contribution in [2.75, 3.05) is 0 Å². The fourth-order valence-corrected chi connectivity index (χ4v) is 2.41. The molecular formula is C16H10ClF2NO. The van der Waals surface area contributed by atoms with E-state index < -0.39 is 17.4 Å². The Labute approximate surface area is 124 Å². The van der Waals surface area contributed by atoms with Gasteiger partial charge in [-0.1, -0.05) is 23.2 Å². The Morgan fingerprint density at radius 1 is 1.10 bits per heavy atom. The number of aromatic nitrogens is 1. The third kappa shape index (κ3) is 2.32. The van der Waals surface area contributed by atoms with Gasteiger partial charge in [0.15, 0.2) is 5.78 Å². The largest absolute Gasteiger partial charge is 0.360 e. The first-order valence-corrected chi connectivity index (χ1v) is 6.62. The minimum atomic E-state index is -0.839. The number of rotatable bonds is 2. The van der Waals surface area contributed by atoms with E-state index in [1.54, 1.807) is 0 Å². The third-order valence-electron chi connectivity index (χ3n) is 3.34. The summed E-state index contributed by atoms with van der Waals surface area (Å²) in [5, 5.41) is 0.327. The lowest BCUT2D eigenvalue weighted by Gasteiger charge is -2.04. The third-order valence-corrected chi connectivity index (χ3v) is 3.63. The topological polar surface area (TPSA) is 32.9 Å². The molecule has 0 aliphatic rings. The summed E-state index contributed by atoms with van der Waals surface area (Å²) >= 11 is 5.50. The first-order chi connectivity index (χ1) is 9.97. The number of hydrogen-bond donors (Lipinski definition) is 1. The van der Waals surface area contributed by atoms with Crippen LogP contribution in [0.3, 0.4) is 0 Å². The maximum absolute atomic E-state index is 13.9. The Morgan fingerprint density at radius 2 is 1.86 bits per heavy atom. The van der Waals surface area contributed by atoms with E-state index in [-0.39, 0.29) is 10.6 Å². The van der Waals surface area contributed by atoms with E-state index in [1.807, 2.05) is 25.1 Å². The van der Waals surface area contributed by atoms with Gasteiger partial charge in [0.25, 0.3) is 0 Å². The van der Waals surface area contributed by atoms with Crippen LogP contribution >= 0.6 is 11.6 Å². The highest BCUT2D eigenvalue weighted by molar-refractivity contribution is 6.31. The van der Waals surface area contributed by atoms with E-state index >= 15 is 0 Å². The van der Waals surface area contributed by atoms with E-state index in [1.165, 1.54) is 6.20 Å². The smallest absolute Gasteiger partial charge is 0.198 e. The van der Waals surface area contributed by atoms with E-state index in [9.17, 15) is 13.6 Å². The molecule has 2 aromatic carbocycles. The first-order valence-electron chi connectivity index (χ1n) is 6.24. The Hall–Kier alpha value is -2.20. The molecule has 106 valence electrons. The van der Waals surface area contributed by atoms with Crippen LogP contribution in [0.5, 0.6) is 0 Å². The summed E-state index contributed by atoms with van der Waals surface area (Å²) in [7, 11) is 0. The van der Waals surface area contributed by atoms with Crippen LogP contribution in [-0.2, 0) is 0 Å². The molecule has 0 aliphatic carbocycles. The number of hydrogen-bond acceptors (Lipinski definition) is 1. The molecule has 1 heterocycles. The number of fused-ring (bicyclic) bond motifs is 1. The molecule has 21 heavy (non-hydrogen) atoms. The van der Waals surface area contributed by atoms with Gasteiger partial charge in [0.1, 0.15) is 11.6 Å². The first kappa shape index (κ1) is 13.8. The number of carbonyl (C=O) groups is 1. The zero-order valence-corrected chi connectivity index (χ0v) is 11.8. The highest BCUT2D eigenvalue weighted by atomic mass is 35.5. The SMILES string of the molecule is Cc1ccc2[nH]cc(C(=O)c3cc(F)c(Cl)cc3F)c2c1. The maximum atomic E-state index is 13.9. The molecule has 1 aromatic heterocycles.